The number of nitrogens with zero attached hydrogens (tertiary/aromatic N) is 1. The third kappa shape index (κ3) is 2.56. The van der Waals surface area contributed by atoms with Crippen LogP contribution in [0.25, 0.3) is 0 Å². The summed E-state index contributed by atoms with van der Waals surface area (Å²) in [5, 5.41) is 3.32. The molecule has 1 aromatic carbocycles. The molecular formula is C13H13N2. The van der Waals surface area contributed by atoms with Gasteiger partial charge in [-0.15, -0.1) is 0 Å². The molecule has 2 nitrogen and oxygen atoms in total. The fraction of sp³-hybridized carbons (Fsp3) is 0.154. The van der Waals surface area contributed by atoms with Gasteiger partial charge in [-0.1, -0.05) is 30.3 Å². The van der Waals surface area contributed by atoms with Gasteiger partial charge >= 0.3 is 0 Å². The zero-order valence-corrected chi connectivity index (χ0v) is 8.64. The average molecular weight is 197 g/mol. The molecule has 0 bridgehead atoms. The lowest BCUT2D eigenvalue weighted by molar-refractivity contribution is 0.874. The van der Waals surface area contributed by atoms with E-state index in [2.05, 4.69) is 35.4 Å². The van der Waals surface area contributed by atoms with Crippen molar-refractivity contribution in [3.8, 4) is 0 Å². The second-order valence-electron chi connectivity index (χ2n) is 3.42. The Morgan fingerprint density at radius 3 is 2.73 bits per heavy atom. The van der Waals surface area contributed by atoms with E-state index in [1.54, 1.807) is 12.3 Å². The zero-order chi connectivity index (χ0) is 10.5. The maximum atomic E-state index is 4.20. The molecule has 1 heterocycles. The standard InChI is InChI=1S/C13H13N2/c1-11(12-7-3-2-4-8-12)15-13-9-5-6-10-14-13/h2-4,6-11H,1H3,(H,14,15). The Hall–Kier alpha value is -1.83. The third-order valence-corrected chi connectivity index (χ3v) is 2.27. The highest BCUT2D eigenvalue weighted by molar-refractivity contribution is 5.36. The Bertz CT molecular complexity index is 397. The number of pyridine rings is 1. The molecule has 2 rings (SSSR count). The van der Waals surface area contributed by atoms with E-state index in [1.165, 1.54) is 5.56 Å². The predicted octanol–water partition coefficient (Wildman–Crippen LogP) is 3.05. The lowest BCUT2D eigenvalue weighted by Crippen LogP contribution is -2.07. The highest BCUT2D eigenvalue weighted by Crippen LogP contribution is 2.16. The fourth-order valence-corrected chi connectivity index (χ4v) is 1.45. The Labute approximate surface area is 90.0 Å². The van der Waals surface area contributed by atoms with Gasteiger partial charge in [0.15, 0.2) is 0 Å². The van der Waals surface area contributed by atoms with E-state index in [1.807, 2.05) is 24.3 Å². The molecule has 0 spiro atoms. The van der Waals surface area contributed by atoms with Gasteiger partial charge in [0.1, 0.15) is 5.82 Å². The van der Waals surface area contributed by atoms with Crippen molar-refractivity contribution in [2.24, 2.45) is 0 Å². The van der Waals surface area contributed by atoms with Gasteiger partial charge in [-0.25, -0.2) is 4.98 Å². The summed E-state index contributed by atoms with van der Waals surface area (Å²) in [6.45, 7) is 2.12. The van der Waals surface area contributed by atoms with E-state index in [0.717, 1.165) is 5.82 Å². The molecule has 0 aliphatic heterocycles. The lowest BCUT2D eigenvalue weighted by atomic mass is 10.1. The summed E-state index contributed by atoms with van der Waals surface area (Å²) >= 11 is 0. The maximum Gasteiger partial charge on any atom is 0.126 e. The smallest absolute Gasteiger partial charge is 0.126 e. The van der Waals surface area contributed by atoms with E-state index in [9.17, 15) is 0 Å². The summed E-state index contributed by atoms with van der Waals surface area (Å²) in [6, 6.07) is 17.2. The van der Waals surface area contributed by atoms with Crippen LogP contribution >= 0.6 is 0 Å². The van der Waals surface area contributed by atoms with Gasteiger partial charge in [-0.05, 0) is 30.7 Å². The minimum absolute atomic E-state index is 0.259. The second kappa shape index (κ2) is 4.60. The Morgan fingerprint density at radius 2 is 2.07 bits per heavy atom. The van der Waals surface area contributed by atoms with Crippen LogP contribution in [0.2, 0.25) is 0 Å². The maximum absolute atomic E-state index is 4.20. The molecule has 75 valence electrons. The van der Waals surface area contributed by atoms with Crippen LogP contribution in [0.3, 0.4) is 0 Å². The van der Waals surface area contributed by atoms with Crippen molar-refractivity contribution in [2.45, 2.75) is 13.0 Å². The van der Waals surface area contributed by atoms with Crippen LogP contribution in [-0.2, 0) is 0 Å². The largest absolute Gasteiger partial charge is 0.364 e. The fourth-order valence-electron chi connectivity index (χ4n) is 1.45. The molecule has 0 saturated carbocycles. The first-order chi connectivity index (χ1) is 7.36. The minimum Gasteiger partial charge on any atom is -0.364 e. The van der Waals surface area contributed by atoms with Crippen LogP contribution in [0, 0.1) is 6.07 Å². The van der Waals surface area contributed by atoms with Gasteiger partial charge in [-0.3, -0.25) is 0 Å². The van der Waals surface area contributed by atoms with Crippen molar-refractivity contribution in [2.75, 3.05) is 5.32 Å². The van der Waals surface area contributed by atoms with Crippen molar-refractivity contribution >= 4 is 5.82 Å². The molecule has 0 aliphatic carbocycles. The Morgan fingerprint density at radius 1 is 1.27 bits per heavy atom. The normalized spacial score (nSPS) is 12.1. The second-order valence-corrected chi connectivity index (χ2v) is 3.42. The Kier molecular flexibility index (Phi) is 2.98. The molecule has 0 amide bonds. The molecule has 15 heavy (non-hydrogen) atoms. The highest BCUT2D eigenvalue weighted by Gasteiger charge is 2.03. The molecule has 1 N–H and O–H groups in total. The van der Waals surface area contributed by atoms with Gasteiger partial charge in [0.2, 0.25) is 0 Å². The SMILES string of the molecule is CC(Nc1c[c]ccn1)c1ccccc1. The first-order valence-corrected chi connectivity index (χ1v) is 5.00. The molecule has 0 fully saturated rings. The van der Waals surface area contributed by atoms with Gasteiger partial charge in [0.25, 0.3) is 0 Å². The first kappa shape index (κ1) is 9.71. The average Bonchev–Trinajstić information content (AvgIpc) is 2.31. The number of aromatic nitrogens is 1. The summed E-state index contributed by atoms with van der Waals surface area (Å²) in [5.74, 6) is 0.855. The minimum atomic E-state index is 0.259. The molecule has 1 radical (unpaired) electrons. The van der Waals surface area contributed by atoms with E-state index in [4.69, 9.17) is 0 Å². The van der Waals surface area contributed by atoms with Gasteiger partial charge in [0.05, 0.1) is 0 Å². The number of benzene rings is 1. The number of hydrogen-bond acceptors (Lipinski definition) is 2. The quantitative estimate of drug-likeness (QED) is 0.818. The van der Waals surface area contributed by atoms with Crippen molar-refractivity contribution in [3.05, 3.63) is 60.3 Å². The zero-order valence-electron chi connectivity index (χ0n) is 8.64. The van der Waals surface area contributed by atoms with Gasteiger partial charge in [0, 0.05) is 12.2 Å². The summed E-state index contributed by atoms with van der Waals surface area (Å²) in [5.41, 5.74) is 1.25. The van der Waals surface area contributed by atoms with Crippen molar-refractivity contribution in [3.63, 3.8) is 0 Å². The summed E-state index contributed by atoms with van der Waals surface area (Å²) in [6.07, 6.45) is 1.74. The van der Waals surface area contributed by atoms with Crippen LogP contribution in [-0.4, -0.2) is 4.98 Å². The topological polar surface area (TPSA) is 24.9 Å². The molecule has 0 saturated heterocycles. The first-order valence-electron chi connectivity index (χ1n) is 5.00. The number of hydrogen-bond donors (Lipinski definition) is 1. The summed E-state index contributed by atoms with van der Waals surface area (Å²) in [7, 11) is 0. The molecule has 1 unspecified atom stereocenters. The van der Waals surface area contributed by atoms with Gasteiger partial charge < -0.3 is 5.32 Å². The van der Waals surface area contributed by atoms with Crippen LogP contribution in [0.1, 0.15) is 18.5 Å². The predicted molar refractivity (Wildman–Crippen MR) is 61.6 cm³/mol. The summed E-state index contributed by atoms with van der Waals surface area (Å²) in [4.78, 5) is 4.20. The molecule has 2 heteroatoms. The van der Waals surface area contributed by atoms with E-state index in [0.29, 0.717) is 0 Å². The number of rotatable bonds is 3. The van der Waals surface area contributed by atoms with Crippen molar-refractivity contribution in [1.82, 2.24) is 4.98 Å². The lowest BCUT2D eigenvalue weighted by Gasteiger charge is -2.14. The Balaban J connectivity index is 2.08. The van der Waals surface area contributed by atoms with E-state index in [-0.39, 0.29) is 6.04 Å². The molecule has 0 aliphatic rings. The third-order valence-electron chi connectivity index (χ3n) is 2.27. The molecular weight excluding hydrogens is 184 g/mol. The van der Waals surface area contributed by atoms with Crippen LogP contribution in [0.15, 0.2) is 48.7 Å². The molecule has 2 aromatic rings. The van der Waals surface area contributed by atoms with Crippen LogP contribution in [0.4, 0.5) is 5.82 Å². The van der Waals surface area contributed by atoms with Gasteiger partial charge in [-0.2, -0.15) is 0 Å². The van der Waals surface area contributed by atoms with E-state index < -0.39 is 0 Å². The van der Waals surface area contributed by atoms with Crippen LogP contribution in [0.5, 0.6) is 0 Å². The number of nitrogens with one attached hydrogen (secondary N) is 1. The highest BCUT2D eigenvalue weighted by atomic mass is 15.0. The van der Waals surface area contributed by atoms with Crippen molar-refractivity contribution in [1.29, 1.82) is 0 Å². The van der Waals surface area contributed by atoms with Crippen molar-refractivity contribution < 1.29 is 0 Å². The summed E-state index contributed by atoms with van der Waals surface area (Å²) < 4.78 is 0. The molecule has 1 aromatic heterocycles. The monoisotopic (exact) mass is 197 g/mol. The van der Waals surface area contributed by atoms with Crippen LogP contribution < -0.4 is 5.32 Å². The van der Waals surface area contributed by atoms with E-state index >= 15 is 0 Å². The molecule has 1 atom stereocenters. The number of anilines is 1.